The van der Waals surface area contributed by atoms with Crippen molar-refractivity contribution >= 4 is 15.7 Å². The summed E-state index contributed by atoms with van der Waals surface area (Å²) in [5, 5.41) is 2.92. The van der Waals surface area contributed by atoms with Crippen LogP contribution in [0, 0.1) is 5.92 Å². The lowest BCUT2D eigenvalue weighted by Gasteiger charge is -2.15. The molecule has 0 unspecified atom stereocenters. The zero-order valence-electron chi connectivity index (χ0n) is 12.5. The van der Waals surface area contributed by atoms with Crippen LogP contribution in [-0.2, 0) is 9.84 Å². The fourth-order valence-corrected chi connectivity index (χ4v) is 2.45. The molecule has 5 heteroatoms. The second-order valence-electron chi connectivity index (χ2n) is 5.64. The molecule has 0 aromatic heterocycles. The van der Waals surface area contributed by atoms with E-state index in [1.165, 1.54) is 12.1 Å². The first-order valence-electron chi connectivity index (χ1n) is 6.81. The van der Waals surface area contributed by atoms with Crippen LogP contribution in [0.1, 0.15) is 44.0 Å². The van der Waals surface area contributed by atoms with Crippen molar-refractivity contribution in [3.8, 4) is 0 Å². The van der Waals surface area contributed by atoms with Crippen molar-refractivity contribution in [1.82, 2.24) is 5.32 Å². The Balaban J connectivity index is 2.64. The molecule has 0 aliphatic heterocycles. The van der Waals surface area contributed by atoms with E-state index in [4.69, 9.17) is 0 Å². The number of rotatable bonds is 6. The number of benzene rings is 1. The Morgan fingerprint density at radius 2 is 1.65 bits per heavy atom. The van der Waals surface area contributed by atoms with Gasteiger partial charge < -0.3 is 5.32 Å². The van der Waals surface area contributed by atoms with Crippen LogP contribution in [0.25, 0.3) is 0 Å². The SMILES string of the molecule is CC(C)CC[C@@H](C)NC(=O)c1ccc(S(C)(=O)=O)cc1. The molecule has 0 aliphatic carbocycles. The summed E-state index contributed by atoms with van der Waals surface area (Å²) in [6, 6.07) is 6.12. The summed E-state index contributed by atoms with van der Waals surface area (Å²) in [6.45, 7) is 6.28. The molecule has 1 aromatic rings. The van der Waals surface area contributed by atoms with Gasteiger partial charge in [-0.3, -0.25) is 4.79 Å². The van der Waals surface area contributed by atoms with Gasteiger partial charge in [-0.15, -0.1) is 0 Å². The maximum Gasteiger partial charge on any atom is 0.251 e. The van der Waals surface area contributed by atoms with Crippen LogP contribution in [-0.4, -0.2) is 26.6 Å². The van der Waals surface area contributed by atoms with E-state index < -0.39 is 9.84 Å². The second-order valence-corrected chi connectivity index (χ2v) is 7.66. The molecule has 0 saturated carbocycles. The normalized spacial score (nSPS) is 13.2. The van der Waals surface area contributed by atoms with Crippen LogP contribution in [0.15, 0.2) is 29.2 Å². The van der Waals surface area contributed by atoms with Gasteiger partial charge >= 0.3 is 0 Å². The monoisotopic (exact) mass is 297 g/mol. The highest BCUT2D eigenvalue weighted by Crippen LogP contribution is 2.11. The minimum Gasteiger partial charge on any atom is -0.350 e. The highest BCUT2D eigenvalue weighted by atomic mass is 32.2. The Kier molecular flexibility index (Phi) is 5.74. The minimum absolute atomic E-state index is 0.111. The van der Waals surface area contributed by atoms with Gasteiger partial charge in [0, 0.05) is 17.9 Å². The maximum atomic E-state index is 12.0. The van der Waals surface area contributed by atoms with Gasteiger partial charge in [0.25, 0.3) is 5.91 Å². The van der Waals surface area contributed by atoms with Crippen molar-refractivity contribution < 1.29 is 13.2 Å². The third-order valence-electron chi connectivity index (χ3n) is 3.10. The van der Waals surface area contributed by atoms with E-state index in [-0.39, 0.29) is 16.8 Å². The number of amides is 1. The molecular formula is C15H23NO3S. The smallest absolute Gasteiger partial charge is 0.251 e. The molecule has 0 heterocycles. The predicted molar refractivity (Wildman–Crippen MR) is 80.6 cm³/mol. The molecule has 1 amide bonds. The molecule has 0 fully saturated rings. The van der Waals surface area contributed by atoms with Gasteiger partial charge in [-0.2, -0.15) is 0 Å². The van der Waals surface area contributed by atoms with E-state index in [9.17, 15) is 13.2 Å². The van der Waals surface area contributed by atoms with E-state index >= 15 is 0 Å². The number of carbonyl (C=O) groups excluding carboxylic acids is 1. The third-order valence-corrected chi connectivity index (χ3v) is 4.23. The van der Waals surface area contributed by atoms with Crippen LogP contribution < -0.4 is 5.32 Å². The third kappa shape index (κ3) is 5.33. The molecule has 0 spiro atoms. The van der Waals surface area contributed by atoms with Crippen molar-refractivity contribution in [3.05, 3.63) is 29.8 Å². The molecule has 1 atom stereocenters. The number of carbonyl (C=O) groups is 1. The van der Waals surface area contributed by atoms with E-state index in [1.807, 2.05) is 6.92 Å². The van der Waals surface area contributed by atoms with Gasteiger partial charge in [0.15, 0.2) is 9.84 Å². The Hall–Kier alpha value is -1.36. The molecule has 0 aliphatic rings. The first-order chi connectivity index (χ1) is 9.20. The Labute approximate surface area is 121 Å². The van der Waals surface area contributed by atoms with E-state index in [0.717, 1.165) is 19.1 Å². The Morgan fingerprint density at radius 1 is 1.10 bits per heavy atom. The molecule has 1 N–H and O–H groups in total. The van der Waals surface area contributed by atoms with Gasteiger partial charge in [0.2, 0.25) is 0 Å². The first kappa shape index (κ1) is 16.7. The van der Waals surface area contributed by atoms with Crippen LogP contribution in [0.2, 0.25) is 0 Å². The molecule has 20 heavy (non-hydrogen) atoms. The van der Waals surface area contributed by atoms with E-state index in [0.29, 0.717) is 11.5 Å². The molecule has 0 bridgehead atoms. The fourth-order valence-electron chi connectivity index (χ4n) is 1.82. The van der Waals surface area contributed by atoms with Gasteiger partial charge in [-0.1, -0.05) is 13.8 Å². The van der Waals surface area contributed by atoms with E-state index in [2.05, 4.69) is 19.2 Å². The average Bonchev–Trinajstić information content (AvgIpc) is 2.35. The minimum atomic E-state index is -3.22. The lowest BCUT2D eigenvalue weighted by Crippen LogP contribution is -2.32. The summed E-state index contributed by atoms with van der Waals surface area (Å²) >= 11 is 0. The van der Waals surface area contributed by atoms with Crippen molar-refractivity contribution in [2.24, 2.45) is 5.92 Å². The number of hydrogen-bond donors (Lipinski definition) is 1. The summed E-state index contributed by atoms with van der Waals surface area (Å²) in [5.74, 6) is 0.449. The summed E-state index contributed by atoms with van der Waals surface area (Å²) in [6.07, 6.45) is 3.15. The molecule has 0 radical (unpaired) electrons. The molecule has 4 nitrogen and oxygen atoms in total. The lowest BCUT2D eigenvalue weighted by atomic mass is 10.0. The summed E-state index contributed by atoms with van der Waals surface area (Å²) in [4.78, 5) is 12.2. The summed E-state index contributed by atoms with van der Waals surface area (Å²) in [5.41, 5.74) is 0.480. The second kappa shape index (κ2) is 6.88. The summed E-state index contributed by atoms with van der Waals surface area (Å²) < 4.78 is 22.7. The van der Waals surface area contributed by atoms with Crippen molar-refractivity contribution in [2.45, 2.75) is 44.6 Å². The standard InChI is InChI=1S/C15H23NO3S/c1-11(2)5-6-12(3)16-15(17)13-7-9-14(10-8-13)20(4,18)19/h7-12H,5-6H2,1-4H3,(H,16,17)/t12-/m1/s1. The molecule has 0 saturated heterocycles. The van der Waals surface area contributed by atoms with Crippen LogP contribution in [0.3, 0.4) is 0 Å². The molecule has 112 valence electrons. The number of nitrogens with one attached hydrogen (secondary N) is 1. The van der Waals surface area contributed by atoms with Gasteiger partial charge in [-0.05, 0) is 49.9 Å². The highest BCUT2D eigenvalue weighted by molar-refractivity contribution is 7.90. The number of hydrogen-bond acceptors (Lipinski definition) is 3. The lowest BCUT2D eigenvalue weighted by molar-refractivity contribution is 0.0937. The Morgan fingerprint density at radius 3 is 2.10 bits per heavy atom. The van der Waals surface area contributed by atoms with Crippen LogP contribution >= 0.6 is 0 Å². The first-order valence-corrected chi connectivity index (χ1v) is 8.70. The quantitative estimate of drug-likeness (QED) is 0.878. The largest absolute Gasteiger partial charge is 0.350 e. The Bertz CT molecular complexity index is 547. The maximum absolute atomic E-state index is 12.0. The fraction of sp³-hybridized carbons (Fsp3) is 0.533. The molecular weight excluding hydrogens is 274 g/mol. The van der Waals surface area contributed by atoms with Crippen molar-refractivity contribution in [2.75, 3.05) is 6.26 Å². The molecule has 1 aromatic carbocycles. The van der Waals surface area contributed by atoms with E-state index in [1.54, 1.807) is 12.1 Å². The topological polar surface area (TPSA) is 63.2 Å². The van der Waals surface area contributed by atoms with Gasteiger partial charge in [-0.25, -0.2) is 8.42 Å². The van der Waals surface area contributed by atoms with Gasteiger partial charge in [0.05, 0.1) is 4.90 Å². The summed E-state index contributed by atoms with van der Waals surface area (Å²) in [7, 11) is -3.22. The average molecular weight is 297 g/mol. The van der Waals surface area contributed by atoms with Crippen LogP contribution in [0.4, 0.5) is 0 Å². The molecule has 1 rings (SSSR count). The zero-order valence-corrected chi connectivity index (χ0v) is 13.3. The van der Waals surface area contributed by atoms with Crippen LogP contribution in [0.5, 0.6) is 0 Å². The number of sulfone groups is 1. The van der Waals surface area contributed by atoms with Gasteiger partial charge in [0.1, 0.15) is 0 Å². The zero-order chi connectivity index (χ0) is 15.3. The van der Waals surface area contributed by atoms with Crippen molar-refractivity contribution in [1.29, 1.82) is 0 Å². The highest BCUT2D eigenvalue weighted by Gasteiger charge is 2.12. The predicted octanol–water partition coefficient (Wildman–Crippen LogP) is 2.64. The van der Waals surface area contributed by atoms with Crippen molar-refractivity contribution in [3.63, 3.8) is 0 Å².